The lowest BCUT2D eigenvalue weighted by atomic mass is 9.80. The highest BCUT2D eigenvalue weighted by Crippen LogP contribution is 2.39. The Kier molecular flexibility index (Phi) is 6.45. The van der Waals surface area contributed by atoms with Crippen molar-refractivity contribution in [1.29, 1.82) is 0 Å². The molecule has 1 atom stereocenters. The van der Waals surface area contributed by atoms with E-state index in [1.54, 1.807) is 12.1 Å². The Morgan fingerprint density at radius 2 is 1.85 bits per heavy atom. The van der Waals surface area contributed by atoms with E-state index in [-0.39, 0.29) is 29.7 Å². The highest BCUT2D eigenvalue weighted by atomic mass is 79.9. The second-order valence-electron chi connectivity index (χ2n) is 6.22. The van der Waals surface area contributed by atoms with Crippen molar-refractivity contribution in [3.63, 3.8) is 0 Å². The molecule has 20 heavy (non-hydrogen) atoms. The number of hydrogen-bond donors (Lipinski definition) is 1. The first-order valence-corrected chi connectivity index (χ1v) is 7.58. The molecule has 0 spiro atoms. The maximum Gasteiger partial charge on any atom is 0.128 e. The Hall–Kier alpha value is -0.160. The van der Waals surface area contributed by atoms with Gasteiger partial charge in [-0.3, -0.25) is 4.90 Å². The quantitative estimate of drug-likeness (QED) is 0.852. The van der Waals surface area contributed by atoms with Crippen LogP contribution in [0.1, 0.15) is 32.4 Å². The largest absolute Gasteiger partial charge is 0.314 e. The third-order valence-electron chi connectivity index (χ3n) is 3.59. The second kappa shape index (κ2) is 7.21. The van der Waals surface area contributed by atoms with Gasteiger partial charge in [0.05, 0.1) is 0 Å². The van der Waals surface area contributed by atoms with E-state index in [9.17, 15) is 4.39 Å². The fourth-order valence-electron chi connectivity index (χ4n) is 2.88. The van der Waals surface area contributed by atoms with Crippen molar-refractivity contribution >= 4 is 28.3 Å². The third-order valence-corrected chi connectivity index (χ3v) is 4.08. The summed E-state index contributed by atoms with van der Waals surface area (Å²) in [6, 6.07) is 5.34. The fourth-order valence-corrected chi connectivity index (χ4v) is 3.25. The molecule has 1 fully saturated rings. The summed E-state index contributed by atoms with van der Waals surface area (Å²) >= 11 is 3.46. The van der Waals surface area contributed by atoms with Crippen LogP contribution in [0.4, 0.5) is 4.39 Å². The normalized spacial score (nSPS) is 18.4. The number of piperazine rings is 1. The van der Waals surface area contributed by atoms with Crippen molar-refractivity contribution in [2.75, 3.05) is 26.2 Å². The van der Waals surface area contributed by atoms with E-state index < -0.39 is 0 Å². The first kappa shape index (κ1) is 17.9. The Labute approximate surface area is 135 Å². The smallest absolute Gasteiger partial charge is 0.128 e. The molecule has 0 aromatic heterocycles. The molecule has 1 N–H and O–H groups in total. The van der Waals surface area contributed by atoms with Gasteiger partial charge >= 0.3 is 0 Å². The van der Waals surface area contributed by atoms with Crippen molar-refractivity contribution in [2.24, 2.45) is 5.41 Å². The molecule has 1 aliphatic heterocycles. The summed E-state index contributed by atoms with van der Waals surface area (Å²) in [5.74, 6) is -0.110. The van der Waals surface area contributed by atoms with Crippen LogP contribution >= 0.6 is 28.3 Å². The molecule has 0 unspecified atom stereocenters. The number of nitrogens with zero attached hydrogens (tertiary/aromatic N) is 1. The fraction of sp³-hybridized carbons (Fsp3) is 0.600. The molecule has 1 aliphatic rings. The molecule has 0 amide bonds. The zero-order chi connectivity index (χ0) is 14.0. The monoisotopic (exact) mass is 364 g/mol. The van der Waals surface area contributed by atoms with E-state index in [1.807, 2.05) is 6.07 Å². The summed E-state index contributed by atoms with van der Waals surface area (Å²) in [5.41, 5.74) is 0.794. The predicted molar refractivity (Wildman–Crippen MR) is 88.0 cm³/mol. The Morgan fingerprint density at radius 3 is 2.40 bits per heavy atom. The molecule has 0 radical (unpaired) electrons. The van der Waals surface area contributed by atoms with Crippen LogP contribution in [0.2, 0.25) is 0 Å². The van der Waals surface area contributed by atoms with E-state index in [0.717, 1.165) is 36.2 Å². The van der Waals surface area contributed by atoms with Crippen LogP contribution < -0.4 is 5.32 Å². The summed E-state index contributed by atoms with van der Waals surface area (Å²) in [7, 11) is 0. The van der Waals surface area contributed by atoms with Gasteiger partial charge in [0.2, 0.25) is 0 Å². The second-order valence-corrected chi connectivity index (χ2v) is 7.14. The van der Waals surface area contributed by atoms with E-state index in [2.05, 4.69) is 46.9 Å². The summed E-state index contributed by atoms with van der Waals surface area (Å²) < 4.78 is 15.2. The minimum Gasteiger partial charge on any atom is -0.314 e. The van der Waals surface area contributed by atoms with E-state index >= 15 is 0 Å². The maximum atomic E-state index is 14.2. The van der Waals surface area contributed by atoms with E-state index in [0.29, 0.717) is 0 Å². The molecule has 2 rings (SSSR count). The highest BCUT2D eigenvalue weighted by Gasteiger charge is 2.34. The lowest BCUT2D eigenvalue weighted by Gasteiger charge is -2.42. The molecule has 0 saturated carbocycles. The minimum absolute atomic E-state index is 0. The Balaban J connectivity index is 0.00000200. The molecule has 0 bridgehead atoms. The van der Waals surface area contributed by atoms with Gasteiger partial charge in [-0.2, -0.15) is 0 Å². The minimum atomic E-state index is -0.110. The number of hydrogen-bond acceptors (Lipinski definition) is 2. The van der Waals surface area contributed by atoms with Crippen molar-refractivity contribution in [3.8, 4) is 0 Å². The predicted octanol–water partition coefficient (Wildman–Crippen LogP) is 4.00. The molecular formula is C15H23BrClFN2. The Morgan fingerprint density at radius 1 is 1.25 bits per heavy atom. The lowest BCUT2D eigenvalue weighted by molar-refractivity contribution is 0.0834. The molecule has 5 heteroatoms. The average Bonchev–Trinajstić information content (AvgIpc) is 2.33. The maximum absolute atomic E-state index is 14.2. The van der Waals surface area contributed by atoms with Crippen LogP contribution in [0.15, 0.2) is 22.7 Å². The van der Waals surface area contributed by atoms with Gasteiger partial charge in [0.1, 0.15) is 5.82 Å². The van der Waals surface area contributed by atoms with Crippen LogP contribution in [0.3, 0.4) is 0 Å². The van der Waals surface area contributed by atoms with Gasteiger partial charge in [0, 0.05) is 42.3 Å². The van der Waals surface area contributed by atoms with Gasteiger partial charge < -0.3 is 5.32 Å². The zero-order valence-corrected chi connectivity index (χ0v) is 14.7. The van der Waals surface area contributed by atoms with E-state index in [4.69, 9.17) is 0 Å². The van der Waals surface area contributed by atoms with Gasteiger partial charge in [-0.15, -0.1) is 12.4 Å². The van der Waals surface area contributed by atoms with Gasteiger partial charge in [-0.25, -0.2) is 4.39 Å². The zero-order valence-electron chi connectivity index (χ0n) is 12.2. The van der Waals surface area contributed by atoms with Gasteiger partial charge in [0.15, 0.2) is 0 Å². The topological polar surface area (TPSA) is 15.3 Å². The standard InChI is InChI=1S/C15H22BrFN2.ClH/c1-15(2,3)14(19-8-6-18-7-9-19)12-10-11(16)4-5-13(12)17;/h4-5,10,14,18H,6-9H2,1-3H3;1H/t14-;/m1./s1. The van der Waals surface area contributed by atoms with Gasteiger partial charge in [0.25, 0.3) is 0 Å². The third kappa shape index (κ3) is 4.17. The van der Waals surface area contributed by atoms with Crippen LogP contribution in [0.25, 0.3) is 0 Å². The molecule has 1 aromatic carbocycles. The summed E-state index contributed by atoms with van der Waals surface area (Å²) in [4.78, 5) is 2.39. The molecule has 0 aliphatic carbocycles. The molecule has 114 valence electrons. The molecule has 1 aromatic rings. The molecule has 1 heterocycles. The SMILES string of the molecule is CC(C)(C)[C@@H](c1cc(Br)ccc1F)N1CCNCC1.Cl. The van der Waals surface area contributed by atoms with Crippen molar-refractivity contribution < 1.29 is 4.39 Å². The van der Waals surface area contributed by atoms with Crippen LogP contribution in [-0.2, 0) is 0 Å². The molecule has 2 nitrogen and oxygen atoms in total. The van der Waals surface area contributed by atoms with Crippen LogP contribution in [0, 0.1) is 11.2 Å². The van der Waals surface area contributed by atoms with E-state index in [1.165, 1.54) is 0 Å². The average molecular weight is 366 g/mol. The van der Waals surface area contributed by atoms with Gasteiger partial charge in [-0.1, -0.05) is 36.7 Å². The number of benzene rings is 1. The summed E-state index contributed by atoms with van der Waals surface area (Å²) in [6.45, 7) is 10.4. The van der Waals surface area contributed by atoms with Crippen molar-refractivity contribution in [3.05, 3.63) is 34.1 Å². The number of nitrogens with one attached hydrogen (secondary N) is 1. The summed E-state index contributed by atoms with van der Waals surface area (Å²) in [6.07, 6.45) is 0. The molecule has 1 saturated heterocycles. The van der Waals surface area contributed by atoms with Gasteiger partial charge in [-0.05, 0) is 23.6 Å². The van der Waals surface area contributed by atoms with Crippen LogP contribution in [-0.4, -0.2) is 31.1 Å². The Bertz CT molecular complexity index is 442. The lowest BCUT2D eigenvalue weighted by Crippen LogP contribution is -2.48. The first-order valence-electron chi connectivity index (χ1n) is 6.79. The number of halogens is 3. The molecular weight excluding hydrogens is 343 g/mol. The number of rotatable bonds is 2. The van der Waals surface area contributed by atoms with Crippen molar-refractivity contribution in [1.82, 2.24) is 10.2 Å². The van der Waals surface area contributed by atoms with Crippen LogP contribution in [0.5, 0.6) is 0 Å². The first-order chi connectivity index (χ1) is 8.89. The summed E-state index contributed by atoms with van der Waals surface area (Å²) in [5, 5.41) is 3.35. The highest BCUT2D eigenvalue weighted by molar-refractivity contribution is 9.10. The van der Waals surface area contributed by atoms with Crippen molar-refractivity contribution in [2.45, 2.75) is 26.8 Å².